The van der Waals surface area contributed by atoms with Gasteiger partial charge in [-0.15, -0.1) is 0 Å². The maximum Gasteiger partial charge on any atom is 0.231 e. The molecule has 0 aliphatic carbocycles. The molecule has 3 aromatic rings. The van der Waals surface area contributed by atoms with Crippen LogP contribution >= 0.6 is 0 Å². The van der Waals surface area contributed by atoms with Crippen molar-refractivity contribution in [2.45, 2.75) is 33.1 Å². The predicted molar refractivity (Wildman–Crippen MR) is 111 cm³/mol. The van der Waals surface area contributed by atoms with Crippen LogP contribution in [-0.4, -0.2) is 28.3 Å². The van der Waals surface area contributed by atoms with Gasteiger partial charge in [0.05, 0.1) is 17.3 Å². The Balaban J connectivity index is 1.61. The minimum Gasteiger partial charge on any atom is -0.454 e. The number of anilines is 1. The number of carbonyl (C=O) groups is 2. The van der Waals surface area contributed by atoms with Crippen molar-refractivity contribution in [3.63, 3.8) is 0 Å². The number of hydrogen-bond acceptors (Lipinski definition) is 5. The van der Waals surface area contributed by atoms with Gasteiger partial charge in [-0.25, -0.2) is 4.68 Å². The first-order valence-corrected chi connectivity index (χ1v) is 9.84. The molecule has 1 amide bonds. The van der Waals surface area contributed by atoms with E-state index in [9.17, 15) is 9.59 Å². The van der Waals surface area contributed by atoms with Crippen molar-refractivity contribution < 1.29 is 19.1 Å². The maximum atomic E-state index is 13.4. The Bertz CT molecular complexity index is 1210. The summed E-state index contributed by atoms with van der Waals surface area (Å²) in [5.74, 6) is 0.794. The third-order valence-electron chi connectivity index (χ3n) is 5.88. The number of hydrogen-bond donors (Lipinski definition) is 1. The smallest absolute Gasteiger partial charge is 0.231 e. The number of aromatic nitrogens is 2. The van der Waals surface area contributed by atoms with Gasteiger partial charge in [-0.3, -0.25) is 9.59 Å². The number of fused-ring (bicyclic) bond motifs is 2. The molecule has 0 spiro atoms. The Morgan fingerprint density at radius 3 is 2.77 bits per heavy atom. The molecule has 0 radical (unpaired) electrons. The molecular formula is C23H21N3O4. The highest BCUT2D eigenvalue weighted by Crippen LogP contribution is 2.40. The van der Waals surface area contributed by atoms with Gasteiger partial charge in [-0.1, -0.05) is 12.1 Å². The highest BCUT2D eigenvalue weighted by atomic mass is 16.7. The number of ketones is 1. The molecule has 1 N–H and O–H groups in total. The minimum absolute atomic E-state index is 0.0829. The average Bonchev–Trinajstić information content (AvgIpc) is 3.33. The van der Waals surface area contributed by atoms with Crippen molar-refractivity contribution in [1.29, 1.82) is 0 Å². The normalized spacial score (nSPS) is 16.9. The van der Waals surface area contributed by atoms with E-state index >= 15 is 0 Å². The molecule has 5 rings (SSSR count). The largest absolute Gasteiger partial charge is 0.454 e. The van der Waals surface area contributed by atoms with Crippen molar-refractivity contribution in [2.24, 2.45) is 0 Å². The van der Waals surface area contributed by atoms with Gasteiger partial charge in [0, 0.05) is 17.5 Å². The zero-order valence-electron chi connectivity index (χ0n) is 17.0. The number of nitrogens with one attached hydrogen (secondary N) is 1. The highest BCUT2D eigenvalue weighted by Gasteiger charge is 2.37. The molecule has 3 heterocycles. The molecule has 1 atom stereocenters. The number of benzene rings is 2. The van der Waals surface area contributed by atoms with Crippen LogP contribution in [0.15, 0.2) is 36.4 Å². The summed E-state index contributed by atoms with van der Waals surface area (Å²) in [6.45, 7) is 6.07. The van der Waals surface area contributed by atoms with E-state index in [2.05, 4.69) is 10.4 Å². The summed E-state index contributed by atoms with van der Waals surface area (Å²) in [6, 6.07) is 11.1. The standard InChI is InChI=1S/C23H21N3O4/c1-12-5-4-6-17(13(12)2)26-23-21(14(3)25-26)16(10-20(27)24-23)22(28)15-7-8-18-19(9-15)30-11-29-18/h4-9,16H,10-11H2,1-3H3,(H,24,27)/t16-/m0/s1. The number of carbonyl (C=O) groups excluding carboxylic acids is 2. The van der Waals surface area contributed by atoms with E-state index in [0.29, 0.717) is 22.9 Å². The minimum atomic E-state index is -0.604. The maximum absolute atomic E-state index is 13.4. The fourth-order valence-electron chi connectivity index (χ4n) is 4.16. The average molecular weight is 403 g/mol. The predicted octanol–water partition coefficient (Wildman–Crippen LogP) is 3.83. The first kappa shape index (κ1) is 18.4. The lowest BCUT2D eigenvalue weighted by Crippen LogP contribution is -2.28. The fraction of sp³-hybridized carbons (Fsp3) is 0.261. The number of ether oxygens (including phenoxy) is 2. The zero-order chi connectivity index (χ0) is 21.0. The number of aryl methyl sites for hydroxylation is 2. The van der Waals surface area contributed by atoms with Crippen molar-refractivity contribution in [3.8, 4) is 17.2 Å². The van der Waals surface area contributed by atoms with Crippen molar-refractivity contribution in [1.82, 2.24) is 9.78 Å². The lowest BCUT2D eigenvalue weighted by molar-refractivity contribution is -0.116. The van der Waals surface area contributed by atoms with E-state index in [0.717, 1.165) is 28.1 Å². The second-order valence-corrected chi connectivity index (χ2v) is 7.72. The summed E-state index contributed by atoms with van der Waals surface area (Å²) in [4.78, 5) is 26.0. The molecule has 2 aliphatic heterocycles. The van der Waals surface area contributed by atoms with Gasteiger partial charge < -0.3 is 14.8 Å². The lowest BCUT2D eigenvalue weighted by atomic mass is 9.85. The first-order chi connectivity index (χ1) is 14.4. The molecule has 0 unspecified atom stereocenters. The topological polar surface area (TPSA) is 82.5 Å². The van der Waals surface area contributed by atoms with Crippen LogP contribution in [0.2, 0.25) is 0 Å². The molecule has 2 aromatic carbocycles. The van der Waals surface area contributed by atoms with E-state index in [-0.39, 0.29) is 24.9 Å². The molecule has 2 aliphatic rings. The van der Waals surface area contributed by atoms with E-state index in [1.54, 1.807) is 22.9 Å². The molecule has 7 nitrogen and oxygen atoms in total. The van der Waals surface area contributed by atoms with Crippen LogP contribution in [0.4, 0.5) is 5.82 Å². The monoisotopic (exact) mass is 403 g/mol. The fourth-order valence-corrected chi connectivity index (χ4v) is 4.16. The highest BCUT2D eigenvalue weighted by molar-refractivity contribution is 6.08. The summed E-state index contributed by atoms with van der Waals surface area (Å²) in [7, 11) is 0. The van der Waals surface area contributed by atoms with Crippen molar-refractivity contribution >= 4 is 17.5 Å². The van der Waals surface area contributed by atoms with Crippen LogP contribution in [0.25, 0.3) is 5.69 Å². The van der Waals surface area contributed by atoms with Crippen LogP contribution in [0.3, 0.4) is 0 Å². The quantitative estimate of drug-likeness (QED) is 0.672. The molecule has 0 saturated carbocycles. The Labute approximate surface area is 173 Å². The van der Waals surface area contributed by atoms with Gasteiger partial charge in [-0.05, 0) is 56.2 Å². The molecule has 0 fully saturated rings. The zero-order valence-corrected chi connectivity index (χ0v) is 17.0. The summed E-state index contributed by atoms with van der Waals surface area (Å²) in [6.07, 6.45) is 0.0829. The molecule has 0 bridgehead atoms. The van der Waals surface area contributed by atoms with Crippen molar-refractivity contribution in [3.05, 3.63) is 64.3 Å². The Hall–Kier alpha value is -3.61. The molecule has 0 saturated heterocycles. The SMILES string of the molecule is Cc1cccc(-n2nc(C)c3c2NC(=O)C[C@@H]3C(=O)c2ccc3c(c2)OCO3)c1C. The van der Waals surface area contributed by atoms with Crippen LogP contribution in [0.1, 0.15) is 45.1 Å². The van der Waals surface area contributed by atoms with Gasteiger partial charge in [0.25, 0.3) is 0 Å². The number of amides is 1. The van der Waals surface area contributed by atoms with E-state index in [4.69, 9.17) is 9.47 Å². The van der Waals surface area contributed by atoms with Gasteiger partial charge in [-0.2, -0.15) is 5.10 Å². The molecule has 1 aromatic heterocycles. The van der Waals surface area contributed by atoms with Crippen LogP contribution in [-0.2, 0) is 4.79 Å². The second kappa shape index (κ2) is 6.73. The molecule has 152 valence electrons. The van der Waals surface area contributed by atoms with Crippen LogP contribution < -0.4 is 14.8 Å². The molecule has 30 heavy (non-hydrogen) atoms. The first-order valence-electron chi connectivity index (χ1n) is 9.84. The number of Topliss-reactive ketones (excluding diaryl/α,β-unsaturated/α-hetero) is 1. The second-order valence-electron chi connectivity index (χ2n) is 7.72. The van der Waals surface area contributed by atoms with Gasteiger partial charge >= 0.3 is 0 Å². The Morgan fingerprint density at radius 2 is 1.93 bits per heavy atom. The number of nitrogens with zero attached hydrogens (tertiary/aromatic N) is 2. The summed E-state index contributed by atoms with van der Waals surface area (Å²) in [5, 5.41) is 7.63. The van der Waals surface area contributed by atoms with Crippen molar-refractivity contribution in [2.75, 3.05) is 12.1 Å². The van der Waals surface area contributed by atoms with Crippen LogP contribution in [0.5, 0.6) is 11.5 Å². The molecule has 7 heteroatoms. The van der Waals surface area contributed by atoms with Gasteiger partial charge in [0.15, 0.2) is 17.3 Å². The Morgan fingerprint density at radius 1 is 1.13 bits per heavy atom. The third-order valence-corrected chi connectivity index (χ3v) is 5.88. The summed E-state index contributed by atoms with van der Waals surface area (Å²) < 4.78 is 12.5. The summed E-state index contributed by atoms with van der Waals surface area (Å²) >= 11 is 0. The van der Waals surface area contributed by atoms with E-state index < -0.39 is 5.92 Å². The van der Waals surface area contributed by atoms with E-state index in [1.807, 2.05) is 39.0 Å². The third kappa shape index (κ3) is 2.77. The van der Waals surface area contributed by atoms with Crippen LogP contribution in [0, 0.1) is 20.8 Å². The van der Waals surface area contributed by atoms with Gasteiger partial charge in [0.1, 0.15) is 5.82 Å². The Kier molecular flexibility index (Phi) is 4.13. The lowest BCUT2D eigenvalue weighted by Gasteiger charge is -2.23. The number of rotatable bonds is 3. The summed E-state index contributed by atoms with van der Waals surface area (Å²) in [5.41, 5.74) is 5.06. The molecular weight excluding hydrogens is 382 g/mol. The van der Waals surface area contributed by atoms with E-state index in [1.165, 1.54) is 0 Å². The van der Waals surface area contributed by atoms with Gasteiger partial charge in [0.2, 0.25) is 12.7 Å².